The Morgan fingerprint density at radius 3 is 2.62 bits per heavy atom. The molecule has 0 saturated heterocycles. The number of hydrogen-bond acceptors (Lipinski definition) is 5. The van der Waals surface area contributed by atoms with E-state index in [-0.39, 0.29) is 11.6 Å². The molecule has 0 bridgehead atoms. The van der Waals surface area contributed by atoms with Crippen LogP contribution >= 0.6 is 11.3 Å². The molecular weight excluding hydrogens is 307 g/mol. The smallest absolute Gasteiger partial charge is 0.389 e. The van der Waals surface area contributed by atoms with Gasteiger partial charge in [0.1, 0.15) is 0 Å². The van der Waals surface area contributed by atoms with Crippen LogP contribution in [0, 0.1) is 0 Å². The number of rotatable bonds is 4. The molecule has 118 valence electrons. The van der Waals surface area contributed by atoms with Crippen LogP contribution in [0.3, 0.4) is 0 Å². The van der Waals surface area contributed by atoms with E-state index in [9.17, 15) is 23.1 Å². The molecule has 0 radical (unpaired) electrons. The Bertz CT molecular complexity index is 498. The van der Waals surface area contributed by atoms with Crippen LogP contribution in [0.2, 0.25) is 0 Å². The monoisotopic (exact) mass is 323 g/mol. The maximum absolute atomic E-state index is 12.4. The summed E-state index contributed by atoms with van der Waals surface area (Å²) in [4.78, 5) is 15.0. The number of amides is 1. The highest BCUT2D eigenvalue weighted by Gasteiger charge is 2.34. The Balaban J connectivity index is 1.82. The fraction of sp³-hybridized carbons (Fsp3) is 0.667. The predicted molar refractivity (Wildman–Crippen MR) is 71.5 cm³/mol. The highest BCUT2D eigenvalue weighted by molar-refractivity contribution is 7.13. The van der Waals surface area contributed by atoms with Crippen molar-refractivity contribution in [1.29, 1.82) is 0 Å². The van der Waals surface area contributed by atoms with Gasteiger partial charge in [-0.3, -0.25) is 15.6 Å². The Morgan fingerprint density at radius 2 is 2.05 bits per heavy atom. The molecule has 9 heteroatoms. The standard InChI is InChI=1S/C12H16F3N3O2S/c13-12(14,15)8-7-21-10(16-8)18-17-9(19)6-11(20)4-2-1-3-5-11/h7,20H,1-6H2,(H,16,18)(H,17,19). The summed E-state index contributed by atoms with van der Waals surface area (Å²) in [5.41, 5.74) is 2.59. The van der Waals surface area contributed by atoms with E-state index in [4.69, 9.17) is 0 Å². The van der Waals surface area contributed by atoms with Crippen molar-refractivity contribution in [2.24, 2.45) is 0 Å². The molecule has 3 N–H and O–H groups in total. The molecule has 0 aromatic carbocycles. The average Bonchev–Trinajstić information content (AvgIpc) is 2.85. The summed E-state index contributed by atoms with van der Waals surface area (Å²) in [5.74, 6) is -0.469. The number of anilines is 1. The maximum atomic E-state index is 12.4. The zero-order valence-electron chi connectivity index (χ0n) is 11.2. The number of nitrogens with zero attached hydrogens (tertiary/aromatic N) is 1. The molecule has 1 amide bonds. The first-order valence-corrected chi connectivity index (χ1v) is 7.46. The molecule has 1 aliphatic carbocycles. The van der Waals surface area contributed by atoms with Crippen LogP contribution < -0.4 is 10.9 Å². The van der Waals surface area contributed by atoms with Gasteiger partial charge >= 0.3 is 6.18 Å². The highest BCUT2D eigenvalue weighted by Crippen LogP contribution is 2.32. The minimum absolute atomic E-state index is 0.0497. The van der Waals surface area contributed by atoms with Crippen LogP contribution in [0.5, 0.6) is 0 Å². The van der Waals surface area contributed by atoms with Crippen LogP contribution in [-0.4, -0.2) is 21.6 Å². The maximum Gasteiger partial charge on any atom is 0.434 e. The molecule has 0 spiro atoms. The van der Waals surface area contributed by atoms with Gasteiger partial charge in [0, 0.05) is 5.38 Å². The number of carbonyl (C=O) groups excluding carboxylic acids is 1. The lowest BCUT2D eigenvalue weighted by Gasteiger charge is -2.31. The fourth-order valence-corrected chi connectivity index (χ4v) is 2.98. The summed E-state index contributed by atoms with van der Waals surface area (Å²) in [6, 6.07) is 0. The highest BCUT2D eigenvalue weighted by atomic mass is 32.1. The van der Waals surface area contributed by atoms with E-state index in [2.05, 4.69) is 15.8 Å². The molecule has 5 nitrogen and oxygen atoms in total. The second-order valence-electron chi connectivity index (χ2n) is 5.17. The Labute approximate surface area is 123 Å². The summed E-state index contributed by atoms with van der Waals surface area (Å²) in [7, 11) is 0. The third-order valence-corrected chi connectivity index (χ3v) is 4.14. The molecular formula is C12H16F3N3O2S. The lowest BCUT2D eigenvalue weighted by molar-refractivity contribution is -0.140. The van der Waals surface area contributed by atoms with Gasteiger partial charge in [-0.05, 0) is 12.8 Å². The minimum atomic E-state index is -4.50. The van der Waals surface area contributed by atoms with Crippen molar-refractivity contribution in [3.63, 3.8) is 0 Å². The Kier molecular flexibility index (Phi) is 4.72. The van der Waals surface area contributed by atoms with Gasteiger partial charge in [0.2, 0.25) is 11.0 Å². The van der Waals surface area contributed by atoms with Crippen molar-refractivity contribution in [1.82, 2.24) is 10.4 Å². The van der Waals surface area contributed by atoms with E-state index in [1.807, 2.05) is 0 Å². The summed E-state index contributed by atoms with van der Waals surface area (Å²) in [5, 5.41) is 11.0. The molecule has 21 heavy (non-hydrogen) atoms. The predicted octanol–water partition coefficient (Wildman–Crippen LogP) is 2.69. The zero-order chi connectivity index (χ0) is 15.5. The number of alkyl halides is 3. The van der Waals surface area contributed by atoms with Crippen LogP contribution in [0.15, 0.2) is 5.38 Å². The first-order valence-electron chi connectivity index (χ1n) is 6.58. The molecule has 1 aromatic rings. The van der Waals surface area contributed by atoms with Crippen molar-refractivity contribution >= 4 is 22.4 Å². The topological polar surface area (TPSA) is 74.2 Å². The summed E-state index contributed by atoms with van der Waals surface area (Å²) < 4.78 is 37.1. The summed E-state index contributed by atoms with van der Waals surface area (Å²) in [6.45, 7) is 0. The lowest BCUT2D eigenvalue weighted by atomic mass is 9.82. The molecule has 0 aliphatic heterocycles. The first-order chi connectivity index (χ1) is 9.78. The van der Waals surface area contributed by atoms with Gasteiger partial charge in [-0.1, -0.05) is 19.3 Å². The Morgan fingerprint density at radius 1 is 1.38 bits per heavy atom. The number of aromatic nitrogens is 1. The van der Waals surface area contributed by atoms with Crippen molar-refractivity contribution in [3.05, 3.63) is 11.1 Å². The number of halogens is 3. The quantitative estimate of drug-likeness (QED) is 0.745. The van der Waals surface area contributed by atoms with Gasteiger partial charge in [-0.15, -0.1) is 11.3 Å². The molecule has 1 fully saturated rings. The third-order valence-electron chi connectivity index (χ3n) is 3.38. The van der Waals surface area contributed by atoms with Crippen LogP contribution in [0.1, 0.15) is 44.2 Å². The van der Waals surface area contributed by atoms with Gasteiger partial charge < -0.3 is 5.11 Å². The molecule has 0 unspecified atom stereocenters. The fourth-order valence-electron chi connectivity index (χ4n) is 2.31. The van der Waals surface area contributed by atoms with Gasteiger partial charge in [0.15, 0.2) is 5.69 Å². The van der Waals surface area contributed by atoms with E-state index >= 15 is 0 Å². The van der Waals surface area contributed by atoms with Gasteiger partial charge in [-0.2, -0.15) is 13.2 Å². The van der Waals surface area contributed by atoms with E-state index in [0.717, 1.165) is 36.0 Å². The zero-order valence-corrected chi connectivity index (χ0v) is 12.0. The largest absolute Gasteiger partial charge is 0.434 e. The van der Waals surface area contributed by atoms with Crippen molar-refractivity contribution in [3.8, 4) is 0 Å². The van der Waals surface area contributed by atoms with Gasteiger partial charge in [0.25, 0.3) is 0 Å². The Hall–Kier alpha value is -1.35. The summed E-state index contributed by atoms with van der Waals surface area (Å²) >= 11 is 0.744. The summed E-state index contributed by atoms with van der Waals surface area (Å²) in [6.07, 6.45) is -0.653. The molecule has 1 saturated carbocycles. The van der Waals surface area contributed by atoms with Crippen LogP contribution in [0.25, 0.3) is 0 Å². The second kappa shape index (κ2) is 6.18. The molecule has 0 atom stereocenters. The van der Waals surface area contributed by atoms with E-state index < -0.39 is 23.4 Å². The van der Waals surface area contributed by atoms with Crippen molar-refractivity contribution in [2.45, 2.75) is 50.3 Å². The number of aliphatic hydroxyl groups is 1. The van der Waals surface area contributed by atoms with E-state index in [1.165, 1.54) is 0 Å². The van der Waals surface area contributed by atoms with Crippen LogP contribution in [-0.2, 0) is 11.0 Å². The molecule has 1 heterocycles. The second-order valence-corrected chi connectivity index (χ2v) is 6.03. The van der Waals surface area contributed by atoms with E-state index in [0.29, 0.717) is 12.8 Å². The normalized spacial score (nSPS) is 18.3. The first kappa shape index (κ1) is 16.0. The van der Waals surface area contributed by atoms with E-state index in [1.54, 1.807) is 0 Å². The molecule has 1 aromatic heterocycles. The average molecular weight is 323 g/mol. The third kappa shape index (κ3) is 4.57. The van der Waals surface area contributed by atoms with Crippen molar-refractivity contribution in [2.75, 3.05) is 5.43 Å². The van der Waals surface area contributed by atoms with Gasteiger partial charge in [-0.25, -0.2) is 4.98 Å². The number of hydrazine groups is 1. The molecule has 1 aliphatic rings. The lowest BCUT2D eigenvalue weighted by Crippen LogP contribution is -2.40. The van der Waals surface area contributed by atoms with Crippen LogP contribution in [0.4, 0.5) is 18.3 Å². The number of nitrogens with one attached hydrogen (secondary N) is 2. The number of thiazole rings is 1. The SMILES string of the molecule is O=C(CC1(O)CCCCC1)NNc1nc(C(F)(F)F)cs1. The number of carbonyl (C=O) groups is 1. The molecule has 2 rings (SSSR count). The van der Waals surface area contributed by atoms with Crippen molar-refractivity contribution < 1.29 is 23.1 Å². The number of hydrogen-bond donors (Lipinski definition) is 3. The van der Waals surface area contributed by atoms with Gasteiger partial charge in [0.05, 0.1) is 12.0 Å². The minimum Gasteiger partial charge on any atom is -0.389 e.